The molecule has 0 aliphatic rings. The number of nitriles is 1. The van der Waals surface area contributed by atoms with Crippen LogP contribution in [0.4, 0.5) is 5.69 Å². The highest BCUT2D eigenvalue weighted by molar-refractivity contribution is 6.12. The first-order valence-electron chi connectivity index (χ1n) is 9.21. The Morgan fingerprint density at radius 3 is 2.43 bits per heavy atom. The summed E-state index contributed by atoms with van der Waals surface area (Å²) in [6, 6.07) is 22.7. The normalized spacial score (nSPS) is 10.4. The van der Waals surface area contributed by atoms with Crippen molar-refractivity contribution in [3.05, 3.63) is 100 Å². The number of carbonyl (C=O) groups excluding carboxylic acids is 1. The number of hydrogen-bond acceptors (Lipinski definition) is 4. The van der Waals surface area contributed by atoms with Gasteiger partial charge in [0, 0.05) is 28.3 Å². The van der Waals surface area contributed by atoms with Gasteiger partial charge in [0.2, 0.25) is 0 Å². The lowest BCUT2D eigenvalue weighted by atomic mass is 10.1. The van der Waals surface area contributed by atoms with Crippen molar-refractivity contribution < 1.29 is 9.53 Å². The summed E-state index contributed by atoms with van der Waals surface area (Å²) >= 11 is 0. The second-order valence-electron chi connectivity index (χ2n) is 6.61. The summed E-state index contributed by atoms with van der Waals surface area (Å²) in [5, 5.41) is 12.9. The second kappa shape index (κ2) is 7.94. The monoisotopic (exact) mass is 395 g/mol. The van der Waals surface area contributed by atoms with Gasteiger partial charge in [-0.1, -0.05) is 24.3 Å². The third-order valence-electron chi connectivity index (χ3n) is 4.77. The van der Waals surface area contributed by atoms with E-state index in [0.29, 0.717) is 39.0 Å². The first-order chi connectivity index (χ1) is 14.6. The third kappa shape index (κ3) is 3.52. The number of nitrogens with one attached hydrogen (secondary N) is 1. The molecule has 1 amide bonds. The van der Waals surface area contributed by atoms with Gasteiger partial charge in [0.05, 0.1) is 24.3 Å². The number of nitrogens with zero attached hydrogens (tertiary/aromatic N) is 2. The average molecular weight is 395 g/mol. The molecule has 1 N–H and O–H groups in total. The van der Waals surface area contributed by atoms with Crippen molar-refractivity contribution in [1.29, 1.82) is 5.26 Å². The zero-order chi connectivity index (χ0) is 21.1. The lowest BCUT2D eigenvalue weighted by Crippen LogP contribution is -2.22. The standard InChI is InChI=1S/C24H17N3O3/c1-30-19-11-9-18(10-12-19)27-15-22(20-7-2-3-8-21(20)24(27)29)23(28)26-17-6-4-5-16(13-17)14-25/h2-13,15H,1H3,(H,26,28). The van der Waals surface area contributed by atoms with Gasteiger partial charge < -0.3 is 10.1 Å². The smallest absolute Gasteiger partial charge is 0.262 e. The number of benzene rings is 3. The summed E-state index contributed by atoms with van der Waals surface area (Å²) < 4.78 is 6.63. The summed E-state index contributed by atoms with van der Waals surface area (Å²) in [5.74, 6) is 0.298. The lowest BCUT2D eigenvalue weighted by Gasteiger charge is -2.13. The number of ether oxygens (including phenoxy) is 1. The number of fused-ring (bicyclic) bond motifs is 1. The minimum Gasteiger partial charge on any atom is -0.497 e. The second-order valence-corrected chi connectivity index (χ2v) is 6.61. The van der Waals surface area contributed by atoms with Crippen LogP contribution >= 0.6 is 0 Å². The van der Waals surface area contributed by atoms with Crippen LogP contribution in [0.15, 0.2) is 83.8 Å². The zero-order valence-electron chi connectivity index (χ0n) is 16.1. The highest BCUT2D eigenvalue weighted by Gasteiger charge is 2.16. The van der Waals surface area contributed by atoms with Crippen molar-refractivity contribution in [2.45, 2.75) is 0 Å². The number of hydrogen-bond donors (Lipinski definition) is 1. The Hall–Kier alpha value is -4.37. The molecule has 0 radical (unpaired) electrons. The molecule has 4 rings (SSSR count). The maximum absolute atomic E-state index is 13.1. The Morgan fingerprint density at radius 2 is 1.73 bits per heavy atom. The summed E-state index contributed by atoms with van der Waals surface area (Å²) in [6.07, 6.45) is 1.54. The van der Waals surface area contributed by atoms with Crippen LogP contribution in [0.1, 0.15) is 15.9 Å². The number of methoxy groups -OCH3 is 1. The van der Waals surface area contributed by atoms with E-state index < -0.39 is 0 Å². The molecule has 0 aliphatic carbocycles. The number of carbonyl (C=O) groups is 1. The fraction of sp³-hybridized carbons (Fsp3) is 0.0417. The number of anilines is 1. The van der Waals surface area contributed by atoms with Crippen LogP contribution in [-0.4, -0.2) is 17.6 Å². The van der Waals surface area contributed by atoms with E-state index in [-0.39, 0.29) is 11.5 Å². The van der Waals surface area contributed by atoms with Gasteiger partial charge in [0.1, 0.15) is 5.75 Å². The molecule has 0 bridgehead atoms. The molecule has 4 aromatic rings. The molecule has 3 aromatic carbocycles. The Labute approximate surface area is 172 Å². The first kappa shape index (κ1) is 19.0. The molecule has 6 nitrogen and oxygen atoms in total. The van der Waals surface area contributed by atoms with Crippen LogP contribution in [0.5, 0.6) is 5.75 Å². The SMILES string of the molecule is COc1ccc(-n2cc(C(=O)Nc3cccc(C#N)c3)c3ccccc3c2=O)cc1. The molecule has 0 atom stereocenters. The molecule has 30 heavy (non-hydrogen) atoms. The Bertz CT molecular complexity index is 1350. The van der Waals surface area contributed by atoms with E-state index in [1.54, 1.807) is 79.9 Å². The van der Waals surface area contributed by atoms with Crippen LogP contribution in [0.25, 0.3) is 16.5 Å². The van der Waals surface area contributed by atoms with Gasteiger partial charge in [-0.25, -0.2) is 0 Å². The zero-order valence-corrected chi connectivity index (χ0v) is 16.1. The molecule has 146 valence electrons. The maximum atomic E-state index is 13.1. The van der Waals surface area contributed by atoms with Gasteiger partial charge in [-0.15, -0.1) is 0 Å². The summed E-state index contributed by atoms with van der Waals surface area (Å²) in [6.45, 7) is 0. The largest absolute Gasteiger partial charge is 0.497 e. The average Bonchev–Trinajstić information content (AvgIpc) is 2.79. The lowest BCUT2D eigenvalue weighted by molar-refractivity contribution is 0.102. The van der Waals surface area contributed by atoms with Gasteiger partial charge >= 0.3 is 0 Å². The molecule has 0 unspecified atom stereocenters. The number of amides is 1. The minimum atomic E-state index is -0.372. The molecular formula is C24H17N3O3. The summed E-state index contributed by atoms with van der Waals surface area (Å²) in [5.41, 5.74) is 1.69. The van der Waals surface area contributed by atoms with Crippen molar-refractivity contribution in [2.75, 3.05) is 12.4 Å². The Balaban J connectivity index is 1.84. The van der Waals surface area contributed by atoms with Crippen LogP contribution in [0.2, 0.25) is 0 Å². The van der Waals surface area contributed by atoms with Crippen molar-refractivity contribution in [2.24, 2.45) is 0 Å². The van der Waals surface area contributed by atoms with E-state index in [0.717, 1.165) is 0 Å². The maximum Gasteiger partial charge on any atom is 0.262 e. The van der Waals surface area contributed by atoms with E-state index >= 15 is 0 Å². The number of pyridine rings is 1. The van der Waals surface area contributed by atoms with Crippen molar-refractivity contribution >= 4 is 22.4 Å². The van der Waals surface area contributed by atoms with Gasteiger partial charge in [0.25, 0.3) is 11.5 Å². The fourth-order valence-corrected chi connectivity index (χ4v) is 3.27. The number of aromatic nitrogens is 1. The van der Waals surface area contributed by atoms with Crippen molar-refractivity contribution in [3.8, 4) is 17.5 Å². The molecule has 0 spiro atoms. The molecular weight excluding hydrogens is 378 g/mol. The molecule has 6 heteroatoms. The highest BCUT2D eigenvalue weighted by atomic mass is 16.5. The van der Waals surface area contributed by atoms with Crippen molar-refractivity contribution in [1.82, 2.24) is 4.57 Å². The minimum absolute atomic E-state index is 0.223. The van der Waals surface area contributed by atoms with Crippen LogP contribution in [0, 0.1) is 11.3 Å². The summed E-state index contributed by atoms with van der Waals surface area (Å²) in [4.78, 5) is 26.2. The molecule has 0 saturated heterocycles. The quantitative estimate of drug-likeness (QED) is 0.563. The van der Waals surface area contributed by atoms with E-state index in [9.17, 15) is 9.59 Å². The summed E-state index contributed by atoms with van der Waals surface area (Å²) in [7, 11) is 1.57. The Morgan fingerprint density at radius 1 is 1.00 bits per heavy atom. The molecule has 1 aromatic heterocycles. The van der Waals surface area contributed by atoms with Crippen molar-refractivity contribution in [3.63, 3.8) is 0 Å². The molecule has 0 aliphatic heterocycles. The topological polar surface area (TPSA) is 84.1 Å². The van der Waals surface area contributed by atoms with Gasteiger partial charge in [0.15, 0.2) is 0 Å². The van der Waals surface area contributed by atoms with E-state index in [2.05, 4.69) is 11.4 Å². The van der Waals surface area contributed by atoms with Gasteiger partial charge in [-0.2, -0.15) is 5.26 Å². The van der Waals surface area contributed by atoms with E-state index in [1.807, 2.05) is 0 Å². The number of rotatable bonds is 4. The van der Waals surface area contributed by atoms with E-state index in [4.69, 9.17) is 10.00 Å². The fourth-order valence-electron chi connectivity index (χ4n) is 3.27. The molecule has 0 fully saturated rings. The van der Waals surface area contributed by atoms with Crippen LogP contribution < -0.4 is 15.6 Å². The highest BCUT2D eigenvalue weighted by Crippen LogP contribution is 2.21. The van der Waals surface area contributed by atoms with Crippen LogP contribution in [-0.2, 0) is 0 Å². The predicted molar refractivity (Wildman–Crippen MR) is 115 cm³/mol. The van der Waals surface area contributed by atoms with Crippen LogP contribution in [0.3, 0.4) is 0 Å². The predicted octanol–water partition coefficient (Wildman–Crippen LogP) is 4.12. The van der Waals surface area contributed by atoms with E-state index in [1.165, 1.54) is 10.8 Å². The van der Waals surface area contributed by atoms with Gasteiger partial charge in [-0.3, -0.25) is 14.2 Å². The first-order valence-corrected chi connectivity index (χ1v) is 9.21. The third-order valence-corrected chi connectivity index (χ3v) is 4.77. The molecule has 1 heterocycles. The van der Waals surface area contributed by atoms with Gasteiger partial charge in [-0.05, 0) is 48.5 Å². The molecule has 0 saturated carbocycles. The Kier molecular flexibility index (Phi) is 5.02.